The van der Waals surface area contributed by atoms with Gasteiger partial charge in [-0.05, 0) is 157 Å². The van der Waals surface area contributed by atoms with Gasteiger partial charge in [-0.3, -0.25) is 14.5 Å². The zero-order valence-electron chi connectivity index (χ0n) is 36.0. The van der Waals surface area contributed by atoms with Crippen molar-refractivity contribution < 1.29 is 19.1 Å². The molecule has 8 heteroatoms. The molecule has 1 amide bonds. The molecule has 0 saturated heterocycles. The Morgan fingerprint density at radius 2 is 1.60 bits per heavy atom. The minimum atomic E-state index is -0.597. The van der Waals surface area contributed by atoms with E-state index < -0.39 is 5.54 Å². The Bertz CT molecular complexity index is 1930. The smallest absolute Gasteiger partial charge is 0.337 e. The molecule has 7 rings (SSSR count). The average Bonchev–Trinajstić information content (AvgIpc) is 3.45. The van der Waals surface area contributed by atoms with Crippen molar-refractivity contribution in [1.82, 2.24) is 15.1 Å². The van der Waals surface area contributed by atoms with E-state index in [1.54, 1.807) is 0 Å². The third-order valence-corrected chi connectivity index (χ3v) is 16.0. The summed E-state index contributed by atoms with van der Waals surface area (Å²) in [5.41, 5.74) is 6.26. The van der Waals surface area contributed by atoms with E-state index in [0.717, 1.165) is 56.3 Å². The average molecular weight is 797 g/mol. The highest BCUT2D eigenvalue weighted by molar-refractivity contribution is 6.30. The highest BCUT2D eigenvalue weighted by atomic mass is 35.5. The van der Waals surface area contributed by atoms with Gasteiger partial charge in [0.1, 0.15) is 0 Å². The normalized spacial score (nSPS) is 31.7. The van der Waals surface area contributed by atoms with Gasteiger partial charge in [-0.15, -0.1) is 0 Å². The molecule has 0 spiro atoms. The molecule has 7 unspecified atom stereocenters. The number of hydrogen-bond donors (Lipinski definition) is 1. The Hall–Kier alpha value is -3.26. The molecular weight excluding hydrogens is 730 g/mol. The standard InChI is InChI=1S/C49H66ClN3O4/c1-31(2)43-39(54)28-49(51-42(55)30-53(27-26-52(7)8)29-32-10-16-35(50)17-11-32)25-21-38-36(44(43)49)18-19-41-47(38,5)24-22-40-46(3,4)37(20-23-48(40,41)6)33-12-14-34(15-13-33)45(56)57-9/h10-17,20,31,36,38,40-41H,18-19,21-30H2,1-9H3,(H,51,55). The second kappa shape index (κ2) is 15.7. The number of ether oxygens (including phenoxy) is 1. The quantitative estimate of drug-likeness (QED) is 0.228. The number of hydrogen-bond acceptors (Lipinski definition) is 6. The van der Waals surface area contributed by atoms with Crippen molar-refractivity contribution in [1.29, 1.82) is 0 Å². The minimum Gasteiger partial charge on any atom is -0.465 e. The largest absolute Gasteiger partial charge is 0.465 e. The van der Waals surface area contributed by atoms with Crippen LogP contribution in [0, 0.1) is 45.8 Å². The number of nitrogens with zero attached hydrogens (tertiary/aromatic N) is 2. The molecule has 2 aromatic carbocycles. The maximum atomic E-state index is 14.3. The Morgan fingerprint density at radius 3 is 2.25 bits per heavy atom. The molecule has 3 saturated carbocycles. The number of halogens is 1. The molecule has 5 aliphatic carbocycles. The summed E-state index contributed by atoms with van der Waals surface area (Å²) >= 11 is 6.20. The van der Waals surface area contributed by atoms with E-state index in [4.69, 9.17) is 16.3 Å². The molecule has 1 N–H and O–H groups in total. The van der Waals surface area contributed by atoms with E-state index >= 15 is 0 Å². The molecule has 0 heterocycles. The van der Waals surface area contributed by atoms with E-state index in [1.165, 1.54) is 36.7 Å². The lowest BCUT2D eigenvalue weighted by molar-refractivity contribution is -0.154. The fourth-order valence-electron chi connectivity index (χ4n) is 13.4. The van der Waals surface area contributed by atoms with Crippen LogP contribution in [0.4, 0.5) is 0 Å². The molecule has 308 valence electrons. The zero-order valence-corrected chi connectivity index (χ0v) is 36.7. The van der Waals surface area contributed by atoms with Gasteiger partial charge in [0.2, 0.25) is 5.91 Å². The van der Waals surface area contributed by atoms with E-state index in [0.29, 0.717) is 47.2 Å². The summed E-state index contributed by atoms with van der Waals surface area (Å²) < 4.78 is 4.96. The molecule has 5 aliphatic rings. The SMILES string of the molecule is COC(=O)c1ccc(C2=CCC3(C)C(CCC4(C)C5CCC6(NC(=O)CN(CCN(C)C)Cc7ccc(Cl)cc7)CC(=O)C(C(C)C)=C6C5CCC43)C2(C)C)cc1. The summed E-state index contributed by atoms with van der Waals surface area (Å²) in [6, 6.07) is 15.9. The lowest BCUT2D eigenvalue weighted by atomic mass is 9.37. The molecule has 2 aromatic rings. The number of benzene rings is 2. The van der Waals surface area contributed by atoms with Gasteiger partial charge in [0.15, 0.2) is 5.78 Å². The predicted molar refractivity (Wildman–Crippen MR) is 230 cm³/mol. The number of likely N-dealkylation sites (N-methyl/N-ethyl adjacent to an activating group) is 1. The van der Waals surface area contributed by atoms with Gasteiger partial charge in [-0.25, -0.2) is 4.79 Å². The highest BCUT2D eigenvalue weighted by Crippen LogP contribution is 2.72. The fourth-order valence-corrected chi connectivity index (χ4v) is 13.5. The lowest BCUT2D eigenvalue weighted by Gasteiger charge is -2.68. The zero-order chi connectivity index (χ0) is 41.1. The van der Waals surface area contributed by atoms with E-state index in [-0.39, 0.29) is 46.4 Å². The van der Waals surface area contributed by atoms with Gasteiger partial charge >= 0.3 is 5.97 Å². The molecule has 7 atom stereocenters. The number of methoxy groups -OCH3 is 1. The van der Waals surface area contributed by atoms with Crippen molar-refractivity contribution in [2.45, 2.75) is 105 Å². The Balaban J connectivity index is 1.14. The first-order valence-corrected chi connectivity index (χ1v) is 21.9. The van der Waals surface area contributed by atoms with Gasteiger partial charge in [0, 0.05) is 31.1 Å². The number of nitrogens with one attached hydrogen (secondary N) is 1. The second-order valence-electron chi connectivity index (χ2n) is 19.9. The maximum Gasteiger partial charge on any atom is 0.337 e. The van der Waals surface area contributed by atoms with Crippen molar-refractivity contribution in [3.63, 3.8) is 0 Å². The summed E-state index contributed by atoms with van der Waals surface area (Å²) in [4.78, 5) is 45.0. The van der Waals surface area contributed by atoms with Crippen molar-refractivity contribution in [3.05, 3.63) is 87.5 Å². The third-order valence-electron chi connectivity index (χ3n) is 15.7. The van der Waals surface area contributed by atoms with Crippen LogP contribution in [0.1, 0.15) is 114 Å². The van der Waals surface area contributed by atoms with Crippen molar-refractivity contribution in [2.24, 2.45) is 45.8 Å². The van der Waals surface area contributed by atoms with Crippen LogP contribution in [0.15, 0.2) is 65.8 Å². The molecule has 0 bridgehead atoms. The van der Waals surface area contributed by atoms with Crippen LogP contribution in [-0.2, 0) is 20.9 Å². The van der Waals surface area contributed by atoms with Gasteiger partial charge in [0.25, 0.3) is 0 Å². The van der Waals surface area contributed by atoms with Crippen LogP contribution < -0.4 is 5.32 Å². The highest BCUT2D eigenvalue weighted by Gasteiger charge is 2.65. The molecule has 0 radical (unpaired) electrons. The monoisotopic (exact) mass is 795 g/mol. The van der Waals surface area contributed by atoms with Crippen LogP contribution >= 0.6 is 11.6 Å². The number of carbonyl (C=O) groups excluding carboxylic acids is 3. The van der Waals surface area contributed by atoms with E-state index in [2.05, 4.69) is 89.0 Å². The number of ketones is 1. The van der Waals surface area contributed by atoms with E-state index in [9.17, 15) is 14.4 Å². The van der Waals surface area contributed by atoms with Crippen LogP contribution in [0.2, 0.25) is 5.02 Å². The van der Waals surface area contributed by atoms with Gasteiger partial charge in [-0.2, -0.15) is 0 Å². The molecule has 3 fully saturated rings. The van der Waals surface area contributed by atoms with Crippen molar-refractivity contribution >= 4 is 34.8 Å². The van der Waals surface area contributed by atoms with Gasteiger partial charge in [0.05, 0.1) is 24.8 Å². The van der Waals surface area contributed by atoms with Crippen LogP contribution in [-0.4, -0.2) is 73.8 Å². The van der Waals surface area contributed by atoms with Crippen LogP contribution in [0.25, 0.3) is 5.57 Å². The molecule has 57 heavy (non-hydrogen) atoms. The first kappa shape index (κ1) is 41.9. The summed E-state index contributed by atoms with van der Waals surface area (Å²) in [6.07, 6.45) is 10.4. The van der Waals surface area contributed by atoms with Crippen molar-refractivity contribution in [2.75, 3.05) is 40.8 Å². The summed E-state index contributed by atoms with van der Waals surface area (Å²) in [5, 5.41) is 4.31. The summed E-state index contributed by atoms with van der Waals surface area (Å²) in [5.74, 6) is 1.95. The number of carbonyl (C=O) groups is 3. The summed E-state index contributed by atoms with van der Waals surface area (Å²) in [7, 11) is 5.55. The number of esters is 1. The Kier molecular flexibility index (Phi) is 11.6. The van der Waals surface area contributed by atoms with E-state index in [1.807, 2.05) is 36.4 Å². The molecule has 7 nitrogen and oxygen atoms in total. The first-order valence-electron chi connectivity index (χ1n) is 21.5. The fraction of sp³-hybridized carbons (Fsp3) is 0.612. The topological polar surface area (TPSA) is 79.0 Å². The molecular formula is C49H66ClN3O4. The Morgan fingerprint density at radius 1 is 0.895 bits per heavy atom. The van der Waals surface area contributed by atoms with Crippen LogP contribution in [0.3, 0.4) is 0 Å². The Labute approximate surface area is 347 Å². The number of Topliss-reactive ketones (excluding diaryl/α,β-unsaturated/α-hetero) is 1. The van der Waals surface area contributed by atoms with Gasteiger partial charge < -0.3 is 15.0 Å². The first-order chi connectivity index (χ1) is 26.9. The van der Waals surface area contributed by atoms with Crippen molar-refractivity contribution in [3.8, 4) is 0 Å². The minimum absolute atomic E-state index is 0.0105. The summed E-state index contributed by atoms with van der Waals surface area (Å²) in [6.45, 7) is 17.0. The number of allylic oxidation sites excluding steroid dienone is 3. The molecule has 0 aliphatic heterocycles. The lowest BCUT2D eigenvalue weighted by Crippen LogP contribution is -2.62. The third kappa shape index (κ3) is 7.48. The number of amides is 1. The maximum absolute atomic E-state index is 14.3. The number of fused-ring (bicyclic) bond motifs is 7. The predicted octanol–water partition coefficient (Wildman–Crippen LogP) is 9.64. The second-order valence-corrected chi connectivity index (χ2v) is 20.4. The van der Waals surface area contributed by atoms with Crippen LogP contribution in [0.5, 0.6) is 0 Å². The molecule has 0 aromatic heterocycles. The number of rotatable bonds is 11. The van der Waals surface area contributed by atoms with Gasteiger partial charge in [-0.1, -0.05) is 83.5 Å².